The number of nitrogens with zero attached hydrogens (tertiary/aromatic N) is 1. The fourth-order valence-corrected chi connectivity index (χ4v) is 2.92. The largest absolute Gasteiger partial charge is 0.399 e. The van der Waals surface area contributed by atoms with Crippen LogP contribution in [0.3, 0.4) is 0 Å². The predicted octanol–water partition coefficient (Wildman–Crippen LogP) is 1.96. The Bertz CT molecular complexity index is 549. The van der Waals surface area contributed by atoms with Crippen LogP contribution < -0.4 is 11.1 Å². The molecule has 1 fully saturated rings. The van der Waals surface area contributed by atoms with Crippen LogP contribution in [0.2, 0.25) is 0 Å². The van der Waals surface area contributed by atoms with Gasteiger partial charge in [-0.2, -0.15) is 0 Å². The first-order valence-corrected chi connectivity index (χ1v) is 8.39. The highest BCUT2D eigenvalue weighted by molar-refractivity contribution is 5.78. The number of benzene rings is 1. The van der Waals surface area contributed by atoms with E-state index >= 15 is 0 Å². The predicted molar refractivity (Wildman–Crippen MR) is 91.8 cm³/mol. The molecule has 0 radical (unpaired) electrons. The molecule has 5 heteroatoms. The number of hydrogen-bond donors (Lipinski definition) is 2. The summed E-state index contributed by atoms with van der Waals surface area (Å²) in [7, 11) is 0. The Morgan fingerprint density at radius 3 is 2.52 bits per heavy atom. The van der Waals surface area contributed by atoms with Gasteiger partial charge in [-0.15, -0.1) is 0 Å². The van der Waals surface area contributed by atoms with Gasteiger partial charge in [0.1, 0.15) is 0 Å². The standard InChI is InChI=1S/C18H27N3O2/c1-13(2)18(23)21-11-9-15(10-12-21)20-17(22)8-7-14-5-3-4-6-16(14)19/h3-6,13,15H,7-12,19H2,1-2H3,(H,20,22). The molecule has 23 heavy (non-hydrogen) atoms. The molecule has 0 atom stereocenters. The van der Waals surface area contributed by atoms with Crippen LogP contribution in [0, 0.1) is 5.92 Å². The monoisotopic (exact) mass is 317 g/mol. The van der Waals surface area contributed by atoms with Crippen LogP contribution in [-0.2, 0) is 16.0 Å². The van der Waals surface area contributed by atoms with E-state index in [0.29, 0.717) is 12.8 Å². The molecule has 1 aliphatic heterocycles. The molecule has 1 heterocycles. The van der Waals surface area contributed by atoms with Gasteiger partial charge in [0.05, 0.1) is 0 Å². The Morgan fingerprint density at radius 1 is 1.26 bits per heavy atom. The second-order valence-electron chi connectivity index (χ2n) is 6.52. The van der Waals surface area contributed by atoms with Gasteiger partial charge in [0.15, 0.2) is 0 Å². The summed E-state index contributed by atoms with van der Waals surface area (Å²) >= 11 is 0. The van der Waals surface area contributed by atoms with Crippen molar-refractivity contribution in [3.63, 3.8) is 0 Å². The van der Waals surface area contributed by atoms with Crippen molar-refractivity contribution in [1.29, 1.82) is 0 Å². The Morgan fingerprint density at radius 2 is 1.91 bits per heavy atom. The summed E-state index contributed by atoms with van der Waals surface area (Å²) in [4.78, 5) is 25.9. The number of carbonyl (C=O) groups is 2. The third-order valence-electron chi connectivity index (χ3n) is 4.34. The molecule has 126 valence electrons. The first kappa shape index (κ1) is 17.3. The van der Waals surface area contributed by atoms with Gasteiger partial charge in [0.2, 0.25) is 11.8 Å². The lowest BCUT2D eigenvalue weighted by atomic mass is 10.0. The number of amides is 2. The number of carbonyl (C=O) groups excluding carboxylic acids is 2. The summed E-state index contributed by atoms with van der Waals surface area (Å²) in [6.45, 7) is 5.30. The van der Waals surface area contributed by atoms with Crippen LogP contribution >= 0.6 is 0 Å². The zero-order valence-electron chi connectivity index (χ0n) is 14.0. The van der Waals surface area contributed by atoms with E-state index in [1.165, 1.54) is 0 Å². The van der Waals surface area contributed by atoms with Crippen LogP contribution in [-0.4, -0.2) is 35.8 Å². The van der Waals surface area contributed by atoms with Crippen molar-refractivity contribution in [1.82, 2.24) is 10.2 Å². The molecule has 0 bridgehead atoms. The number of piperidine rings is 1. The molecule has 3 N–H and O–H groups in total. The molecule has 1 aromatic carbocycles. The zero-order chi connectivity index (χ0) is 16.8. The maximum absolute atomic E-state index is 12.1. The summed E-state index contributed by atoms with van der Waals surface area (Å²) < 4.78 is 0. The number of likely N-dealkylation sites (tertiary alicyclic amines) is 1. The topological polar surface area (TPSA) is 75.4 Å². The summed E-state index contributed by atoms with van der Waals surface area (Å²) in [5, 5.41) is 3.08. The minimum atomic E-state index is 0.0393. The number of rotatable bonds is 5. The van der Waals surface area contributed by atoms with Crippen molar-refractivity contribution in [3.8, 4) is 0 Å². The lowest BCUT2D eigenvalue weighted by molar-refractivity contribution is -0.135. The highest BCUT2D eigenvalue weighted by Gasteiger charge is 2.24. The van der Waals surface area contributed by atoms with E-state index in [1.54, 1.807) is 0 Å². The summed E-state index contributed by atoms with van der Waals surface area (Å²) in [6.07, 6.45) is 2.76. The minimum absolute atomic E-state index is 0.0393. The summed E-state index contributed by atoms with van der Waals surface area (Å²) in [5.74, 6) is 0.300. The van der Waals surface area contributed by atoms with E-state index in [1.807, 2.05) is 43.0 Å². The Hall–Kier alpha value is -2.04. The summed E-state index contributed by atoms with van der Waals surface area (Å²) in [6, 6.07) is 7.82. The fraction of sp³-hybridized carbons (Fsp3) is 0.556. The third-order valence-corrected chi connectivity index (χ3v) is 4.34. The van der Waals surface area contributed by atoms with Gasteiger partial charge in [-0.05, 0) is 30.9 Å². The van der Waals surface area contributed by atoms with Crippen LogP contribution in [0.1, 0.15) is 38.7 Å². The molecular weight excluding hydrogens is 290 g/mol. The second kappa shape index (κ2) is 7.99. The van der Waals surface area contributed by atoms with Crippen molar-refractivity contribution in [2.45, 2.75) is 45.6 Å². The average Bonchev–Trinajstić information content (AvgIpc) is 2.54. The molecule has 0 saturated carbocycles. The van der Waals surface area contributed by atoms with Gasteiger partial charge in [-0.25, -0.2) is 0 Å². The van der Waals surface area contributed by atoms with E-state index in [9.17, 15) is 9.59 Å². The Balaban J connectivity index is 1.73. The smallest absolute Gasteiger partial charge is 0.225 e. The third kappa shape index (κ3) is 4.98. The molecule has 5 nitrogen and oxygen atoms in total. The van der Waals surface area contributed by atoms with Gasteiger partial charge in [0.25, 0.3) is 0 Å². The fourth-order valence-electron chi connectivity index (χ4n) is 2.92. The summed E-state index contributed by atoms with van der Waals surface area (Å²) in [5.41, 5.74) is 7.64. The quantitative estimate of drug-likeness (QED) is 0.815. The van der Waals surface area contributed by atoms with Gasteiger partial charge < -0.3 is 16.0 Å². The van der Waals surface area contributed by atoms with Gasteiger partial charge >= 0.3 is 0 Å². The zero-order valence-corrected chi connectivity index (χ0v) is 14.0. The number of anilines is 1. The van der Waals surface area contributed by atoms with E-state index in [-0.39, 0.29) is 23.8 Å². The maximum Gasteiger partial charge on any atom is 0.225 e. The molecule has 0 aromatic heterocycles. The first-order chi connectivity index (χ1) is 11.0. The minimum Gasteiger partial charge on any atom is -0.399 e. The molecule has 1 saturated heterocycles. The van der Waals surface area contributed by atoms with Gasteiger partial charge in [-0.3, -0.25) is 9.59 Å². The first-order valence-electron chi connectivity index (χ1n) is 8.39. The van der Waals surface area contributed by atoms with Crippen LogP contribution in [0.5, 0.6) is 0 Å². The molecule has 1 aliphatic rings. The Labute approximate surface area is 138 Å². The van der Waals surface area contributed by atoms with Crippen molar-refractivity contribution < 1.29 is 9.59 Å². The number of nitrogens with one attached hydrogen (secondary N) is 1. The van der Waals surface area contributed by atoms with E-state index in [2.05, 4.69) is 5.32 Å². The van der Waals surface area contributed by atoms with Crippen LogP contribution in [0.4, 0.5) is 5.69 Å². The van der Waals surface area contributed by atoms with E-state index in [0.717, 1.165) is 37.2 Å². The maximum atomic E-state index is 12.1. The van der Waals surface area contributed by atoms with Gasteiger partial charge in [-0.1, -0.05) is 32.0 Å². The average molecular weight is 317 g/mol. The number of aryl methyl sites for hydroxylation is 1. The normalized spacial score (nSPS) is 15.7. The van der Waals surface area contributed by atoms with Crippen molar-refractivity contribution in [2.75, 3.05) is 18.8 Å². The number of hydrogen-bond acceptors (Lipinski definition) is 3. The lowest BCUT2D eigenvalue weighted by Crippen LogP contribution is -2.47. The van der Waals surface area contributed by atoms with Crippen molar-refractivity contribution in [2.24, 2.45) is 5.92 Å². The van der Waals surface area contributed by atoms with Crippen LogP contribution in [0.15, 0.2) is 24.3 Å². The molecule has 2 rings (SSSR count). The van der Waals surface area contributed by atoms with Crippen LogP contribution in [0.25, 0.3) is 0 Å². The molecule has 0 spiro atoms. The van der Waals surface area contributed by atoms with E-state index in [4.69, 9.17) is 5.73 Å². The highest BCUT2D eigenvalue weighted by Crippen LogP contribution is 2.15. The number of nitrogen functional groups attached to an aromatic ring is 1. The highest BCUT2D eigenvalue weighted by atomic mass is 16.2. The molecule has 1 aromatic rings. The molecule has 0 aliphatic carbocycles. The number of nitrogens with two attached hydrogens (primary N) is 1. The SMILES string of the molecule is CC(C)C(=O)N1CCC(NC(=O)CCc2ccccc2N)CC1. The van der Waals surface area contributed by atoms with Crippen molar-refractivity contribution in [3.05, 3.63) is 29.8 Å². The lowest BCUT2D eigenvalue weighted by Gasteiger charge is -2.33. The van der Waals surface area contributed by atoms with Gasteiger partial charge in [0, 0.05) is 37.2 Å². The second-order valence-corrected chi connectivity index (χ2v) is 6.52. The Kier molecular flexibility index (Phi) is 6.02. The molecular formula is C18H27N3O2. The molecule has 0 unspecified atom stereocenters. The number of para-hydroxylation sites is 1. The molecule has 2 amide bonds. The van der Waals surface area contributed by atoms with Crippen molar-refractivity contribution >= 4 is 17.5 Å². The van der Waals surface area contributed by atoms with E-state index < -0.39 is 0 Å².